The SMILES string of the molecule is COc1cc(OC)c(NC(=O)NCc2ccccc2OC(F)F)cc1Cl. The molecule has 0 radical (unpaired) electrons. The molecule has 0 aliphatic heterocycles. The Labute approximate surface area is 154 Å². The Morgan fingerprint density at radius 2 is 1.81 bits per heavy atom. The van der Waals surface area contributed by atoms with E-state index in [9.17, 15) is 13.6 Å². The van der Waals surface area contributed by atoms with Crippen LogP contribution in [-0.4, -0.2) is 26.9 Å². The lowest BCUT2D eigenvalue weighted by Crippen LogP contribution is -2.28. The van der Waals surface area contributed by atoms with E-state index in [1.807, 2.05) is 0 Å². The number of amides is 2. The molecule has 0 fully saturated rings. The predicted molar refractivity (Wildman–Crippen MR) is 93.5 cm³/mol. The average Bonchev–Trinajstić information content (AvgIpc) is 2.61. The first kappa shape index (κ1) is 19.6. The number of carbonyl (C=O) groups is 1. The van der Waals surface area contributed by atoms with Crippen molar-refractivity contribution in [2.24, 2.45) is 0 Å². The maximum Gasteiger partial charge on any atom is 0.387 e. The molecular weight excluding hydrogens is 370 g/mol. The molecule has 0 spiro atoms. The summed E-state index contributed by atoms with van der Waals surface area (Å²) in [4.78, 5) is 12.1. The minimum absolute atomic E-state index is 0.00660. The van der Waals surface area contributed by atoms with Gasteiger partial charge in [0, 0.05) is 18.2 Å². The Hall–Kier alpha value is -2.74. The number of benzene rings is 2. The predicted octanol–water partition coefficient (Wildman–Crippen LogP) is 4.28. The Morgan fingerprint density at radius 1 is 1.12 bits per heavy atom. The number of hydrogen-bond acceptors (Lipinski definition) is 4. The van der Waals surface area contributed by atoms with Gasteiger partial charge in [0.15, 0.2) is 0 Å². The highest BCUT2D eigenvalue weighted by atomic mass is 35.5. The molecule has 0 aliphatic carbocycles. The van der Waals surface area contributed by atoms with Gasteiger partial charge in [-0.15, -0.1) is 0 Å². The van der Waals surface area contributed by atoms with Crippen LogP contribution in [0.4, 0.5) is 19.3 Å². The summed E-state index contributed by atoms with van der Waals surface area (Å²) in [5.74, 6) is 0.739. The molecule has 0 unspecified atom stereocenters. The number of halogens is 3. The van der Waals surface area contributed by atoms with Gasteiger partial charge in [0.05, 0.1) is 24.9 Å². The van der Waals surface area contributed by atoms with Crippen LogP contribution in [0.3, 0.4) is 0 Å². The Morgan fingerprint density at radius 3 is 2.46 bits per heavy atom. The standard InChI is InChI=1S/C17H17ClF2N2O4/c1-24-14-8-15(25-2)12(7-11(14)18)22-17(23)21-9-10-5-3-4-6-13(10)26-16(19)20/h3-8,16H,9H2,1-2H3,(H2,21,22,23). The van der Waals surface area contributed by atoms with Gasteiger partial charge >= 0.3 is 12.6 Å². The number of anilines is 1. The summed E-state index contributed by atoms with van der Waals surface area (Å²) in [6.07, 6.45) is 0. The molecule has 0 heterocycles. The maximum absolute atomic E-state index is 12.4. The van der Waals surface area contributed by atoms with Gasteiger partial charge in [-0.25, -0.2) is 4.79 Å². The van der Waals surface area contributed by atoms with Crippen LogP contribution in [0.2, 0.25) is 5.02 Å². The molecular formula is C17H17ClF2N2O4. The molecule has 0 aliphatic rings. The maximum atomic E-state index is 12.4. The second-order valence-electron chi connectivity index (χ2n) is 4.98. The highest BCUT2D eigenvalue weighted by Gasteiger charge is 2.14. The topological polar surface area (TPSA) is 68.8 Å². The molecule has 0 atom stereocenters. The molecule has 26 heavy (non-hydrogen) atoms. The monoisotopic (exact) mass is 386 g/mol. The number of hydrogen-bond donors (Lipinski definition) is 2. The highest BCUT2D eigenvalue weighted by Crippen LogP contribution is 2.35. The van der Waals surface area contributed by atoms with Gasteiger partial charge in [-0.1, -0.05) is 29.8 Å². The minimum Gasteiger partial charge on any atom is -0.495 e. The fraction of sp³-hybridized carbons (Fsp3) is 0.235. The molecule has 9 heteroatoms. The zero-order valence-corrected chi connectivity index (χ0v) is 14.8. The van der Waals surface area contributed by atoms with Gasteiger partial charge in [0.25, 0.3) is 0 Å². The molecule has 2 rings (SSSR count). The zero-order chi connectivity index (χ0) is 19.1. The normalized spacial score (nSPS) is 10.4. The number of carbonyl (C=O) groups excluding carboxylic acids is 1. The number of para-hydroxylation sites is 1. The smallest absolute Gasteiger partial charge is 0.387 e. The van der Waals surface area contributed by atoms with E-state index in [4.69, 9.17) is 21.1 Å². The van der Waals surface area contributed by atoms with Crippen molar-refractivity contribution in [3.05, 3.63) is 47.0 Å². The van der Waals surface area contributed by atoms with E-state index in [0.29, 0.717) is 27.8 Å². The Bertz CT molecular complexity index is 774. The van der Waals surface area contributed by atoms with Crippen LogP contribution in [0, 0.1) is 0 Å². The van der Waals surface area contributed by atoms with Gasteiger partial charge in [-0.05, 0) is 12.1 Å². The highest BCUT2D eigenvalue weighted by molar-refractivity contribution is 6.32. The van der Waals surface area contributed by atoms with Crippen LogP contribution in [0.1, 0.15) is 5.56 Å². The summed E-state index contributed by atoms with van der Waals surface area (Å²) >= 11 is 6.04. The van der Waals surface area contributed by atoms with Gasteiger partial charge in [0.1, 0.15) is 17.2 Å². The quantitative estimate of drug-likeness (QED) is 0.745. The van der Waals surface area contributed by atoms with Gasteiger partial charge in [-0.2, -0.15) is 8.78 Å². The van der Waals surface area contributed by atoms with Gasteiger partial charge in [-0.3, -0.25) is 0 Å². The van der Waals surface area contributed by atoms with E-state index < -0.39 is 12.6 Å². The van der Waals surface area contributed by atoms with Crippen molar-refractivity contribution in [1.29, 1.82) is 0 Å². The lowest BCUT2D eigenvalue weighted by molar-refractivity contribution is -0.0504. The molecule has 2 aromatic rings. The fourth-order valence-corrected chi connectivity index (χ4v) is 2.40. The number of methoxy groups -OCH3 is 2. The van der Waals surface area contributed by atoms with Crippen molar-refractivity contribution in [1.82, 2.24) is 5.32 Å². The molecule has 0 saturated carbocycles. The molecule has 6 nitrogen and oxygen atoms in total. The molecule has 2 N–H and O–H groups in total. The average molecular weight is 387 g/mol. The molecule has 0 saturated heterocycles. The molecule has 0 bridgehead atoms. The van der Waals surface area contributed by atoms with Gasteiger partial charge in [0.2, 0.25) is 0 Å². The van der Waals surface area contributed by atoms with E-state index in [2.05, 4.69) is 15.4 Å². The van der Waals surface area contributed by atoms with Crippen molar-refractivity contribution in [3.8, 4) is 17.2 Å². The number of rotatable bonds is 7. The number of urea groups is 1. The Kier molecular flexibility index (Phi) is 6.85. The van der Waals surface area contributed by atoms with Crippen molar-refractivity contribution < 1.29 is 27.8 Å². The van der Waals surface area contributed by atoms with Crippen LogP contribution in [-0.2, 0) is 6.54 Å². The lowest BCUT2D eigenvalue weighted by atomic mass is 10.2. The van der Waals surface area contributed by atoms with Crippen molar-refractivity contribution in [2.75, 3.05) is 19.5 Å². The first-order valence-corrected chi connectivity index (χ1v) is 7.81. The molecule has 2 amide bonds. The van der Waals surface area contributed by atoms with Crippen molar-refractivity contribution in [3.63, 3.8) is 0 Å². The first-order chi connectivity index (χ1) is 12.4. The minimum atomic E-state index is -2.95. The lowest BCUT2D eigenvalue weighted by Gasteiger charge is -2.14. The van der Waals surface area contributed by atoms with E-state index in [1.165, 1.54) is 32.4 Å². The number of nitrogens with one attached hydrogen (secondary N) is 2. The van der Waals surface area contributed by atoms with Crippen LogP contribution < -0.4 is 24.8 Å². The third-order valence-corrected chi connectivity index (χ3v) is 3.65. The largest absolute Gasteiger partial charge is 0.495 e. The zero-order valence-electron chi connectivity index (χ0n) is 14.0. The summed E-state index contributed by atoms with van der Waals surface area (Å²) in [5.41, 5.74) is 0.732. The van der Waals surface area contributed by atoms with E-state index in [0.717, 1.165) is 0 Å². The van der Waals surface area contributed by atoms with E-state index in [-0.39, 0.29) is 12.3 Å². The fourth-order valence-electron chi connectivity index (χ4n) is 2.16. The number of ether oxygens (including phenoxy) is 3. The third kappa shape index (κ3) is 5.13. The first-order valence-electron chi connectivity index (χ1n) is 7.43. The summed E-state index contributed by atoms with van der Waals surface area (Å²) < 4.78 is 39.5. The summed E-state index contributed by atoms with van der Waals surface area (Å²) in [6.45, 7) is -2.96. The van der Waals surface area contributed by atoms with Crippen LogP contribution >= 0.6 is 11.6 Å². The van der Waals surface area contributed by atoms with Crippen LogP contribution in [0.15, 0.2) is 36.4 Å². The van der Waals surface area contributed by atoms with E-state index in [1.54, 1.807) is 18.2 Å². The van der Waals surface area contributed by atoms with Gasteiger partial charge < -0.3 is 24.8 Å². The van der Waals surface area contributed by atoms with Crippen LogP contribution in [0.5, 0.6) is 17.2 Å². The van der Waals surface area contributed by atoms with Crippen molar-refractivity contribution >= 4 is 23.3 Å². The number of alkyl halides is 2. The summed E-state index contributed by atoms with van der Waals surface area (Å²) in [6, 6.07) is 8.62. The Balaban J connectivity index is 2.05. The van der Waals surface area contributed by atoms with E-state index >= 15 is 0 Å². The molecule has 140 valence electrons. The van der Waals surface area contributed by atoms with Crippen LogP contribution in [0.25, 0.3) is 0 Å². The summed E-state index contributed by atoms with van der Waals surface area (Å²) in [5, 5.41) is 5.43. The van der Waals surface area contributed by atoms with Crippen molar-refractivity contribution in [2.45, 2.75) is 13.2 Å². The third-order valence-electron chi connectivity index (χ3n) is 3.35. The second-order valence-corrected chi connectivity index (χ2v) is 5.39. The summed E-state index contributed by atoms with van der Waals surface area (Å²) in [7, 11) is 2.89. The molecule has 2 aromatic carbocycles. The molecule has 0 aromatic heterocycles. The second kappa shape index (κ2) is 9.10.